The van der Waals surface area contributed by atoms with Crippen molar-refractivity contribution in [3.63, 3.8) is 0 Å². The number of aliphatic hydroxyl groups excluding tert-OH is 1. The Morgan fingerprint density at radius 1 is 1.26 bits per heavy atom. The van der Waals surface area contributed by atoms with E-state index in [1.54, 1.807) is 0 Å². The van der Waals surface area contributed by atoms with Crippen LogP contribution in [0.15, 0.2) is 23.8 Å². The Balaban J connectivity index is 2.04. The topological polar surface area (TPSA) is 55.8 Å². The molecular formula is C27H40O4. The van der Waals surface area contributed by atoms with Crippen LogP contribution in [0.25, 0.3) is 0 Å². The zero-order valence-electron chi connectivity index (χ0n) is 20.2. The molecule has 0 aromatic heterocycles. The van der Waals surface area contributed by atoms with Crippen molar-refractivity contribution in [2.24, 2.45) is 5.92 Å². The zero-order chi connectivity index (χ0) is 22.8. The first kappa shape index (κ1) is 23.8. The van der Waals surface area contributed by atoms with Gasteiger partial charge >= 0.3 is 5.97 Å². The highest BCUT2D eigenvalue weighted by molar-refractivity contribution is 5.71. The second-order valence-electron chi connectivity index (χ2n) is 10.6. The number of hydrogen-bond donors (Lipinski definition) is 1. The number of rotatable bonds is 8. The first-order valence-electron chi connectivity index (χ1n) is 11.9. The monoisotopic (exact) mass is 428 g/mol. The third-order valence-corrected chi connectivity index (χ3v) is 7.26. The number of benzene rings is 1. The average molecular weight is 429 g/mol. The van der Waals surface area contributed by atoms with Gasteiger partial charge in [0, 0.05) is 24.3 Å². The molecule has 0 fully saturated rings. The van der Waals surface area contributed by atoms with Crippen LogP contribution < -0.4 is 9.47 Å². The molecule has 1 aromatic rings. The van der Waals surface area contributed by atoms with Crippen molar-refractivity contribution in [2.75, 3.05) is 6.61 Å². The molecule has 1 aliphatic heterocycles. The summed E-state index contributed by atoms with van der Waals surface area (Å²) < 4.78 is 12.4. The van der Waals surface area contributed by atoms with E-state index in [0.717, 1.165) is 41.7 Å². The van der Waals surface area contributed by atoms with Gasteiger partial charge in [-0.05, 0) is 61.8 Å². The highest BCUT2D eigenvalue weighted by Gasteiger charge is 2.46. The minimum Gasteiger partial charge on any atom is -0.487 e. The third kappa shape index (κ3) is 5.16. The highest BCUT2D eigenvalue weighted by atomic mass is 16.5. The largest absolute Gasteiger partial charge is 0.487 e. The van der Waals surface area contributed by atoms with E-state index in [4.69, 9.17) is 9.47 Å². The Labute approximate surface area is 188 Å². The predicted octanol–water partition coefficient (Wildman–Crippen LogP) is 6.44. The van der Waals surface area contributed by atoms with Gasteiger partial charge in [-0.3, -0.25) is 4.79 Å². The highest BCUT2D eigenvalue weighted by Crippen LogP contribution is 2.55. The van der Waals surface area contributed by atoms with Crippen molar-refractivity contribution in [3.8, 4) is 11.5 Å². The van der Waals surface area contributed by atoms with Gasteiger partial charge in [0.05, 0.1) is 6.61 Å². The van der Waals surface area contributed by atoms with E-state index in [0.29, 0.717) is 5.75 Å². The summed E-state index contributed by atoms with van der Waals surface area (Å²) in [7, 11) is 0. The smallest absolute Gasteiger partial charge is 0.308 e. The van der Waals surface area contributed by atoms with Crippen LogP contribution in [0.3, 0.4) is 0 Å². The molecule has 0 radical (unpaired) electrons. The molecule has 31 heavy (non-hydrogen) atoms. The van der Waals surface area contributed by atoms with Crippen molar-refractivity contribution < 1.29 is 19.4 Å². The van der Waals surface area contributed by atoms with Crippen LogP contribution in [0, 0.1) is 5.92 Å². The molecule has 0 amide bonds. The quantitative estimate of drug-likeness (QED) is 0.224. The summed E-state index contributed by atoms with van der Waals surface area (Å²) in [6.07, 6.45) is 9.78. The van der Waals surface area contributed by atoms with Gasteiger partial charge in [-0.25, -0.2) is 0 Å². The number of aliphatic hydroxyl groups is 1. The Hall–Kier alpha value is -1.81. The minimum absolute atomic E-state index is 0.0370. The summed E-state index contributed by atoms with van der Waals surface area (Å²) in [5.74, 6) is 1.60. The van der Waals surface area contributed by atoms with Gasteiger partial charge in [-0.15, -0.1) is 0 Å². The second kappa shape index (κ2) is 9.36. The number of carbonyl (C=O) groups excluding carboxylic acids is 1. The van der Waals surface area contributed by atoms with Crippen molar-refractivity contribution in [2.45, 2.75) is 103 Å². The number of fused-ring (bicyclic) bond motifs is 3. The molecule has 0 spiro atoms. The van der Waals surface area contributed by atoms with Crippen LogP contribution in [0.4, 0.5) is 0 Å². The van der Waals surface area contributed by atoms with Gasteiger partial charge in [0.1, 0.15) is 17.1 Å². The fourth-order valence-electron chi connectivity index (χ4n) is 5.34. The summed E-state index contributed by atoms with van der Waals surface area (Å²) in [4.78, 5) is 12.0. The van der Waals surface area contributed by atoms with E-state index in [-0.39, 0.29) is 35.4 Å². The van der Waals surface area contributed by atoms with Gasteiger partial charge in [0.15, 0.2) is 0 Å². The molecule has 172 valence electrons. The molecule has 1 N–H and O–H groups in total. The molecule has 0 saturated carbocycles. The second-order valence-corrected chi connectivity index (χ2v) is 10.6. The molecule has 2 aliphatic rings. The van der Waals surface area contributed by atoms with Crippen LogP contribution in [0.5, 0.6) is 11.5 Å². The lowest BCUT2D eigenvalue weighted by Gasteiger charge is -2.47. The molecule has 4 nitrogen and oxygen atoms in total. The molecule has 0 bridgehead atoms. The molecule has 1 aromatic carbocycles. The number of unbranched alkanes of at least 4 members (excludes halogenated alkanes) is 3. The fourth-order valence-corrected chi connectivity index (χ4v) is 5.34. The predicted molar refractivity (Wildman–Crippen MR) is 125 cm³/mol. The molecule has 1 aliphatic carbocycles. The van der Waals surface area contributed by atoms with E-state index in [1.165, 1.54) is 32.6 Å². The Morgan fingerprint density at radius 3 is 2.65 bits per heavy atom. The summed E-state index contributed by atoms with van der Waals surface area (Å²) in [5.41, 5.74) is 2.84. The van der Waals surface area contributed by atoms with Crippen LogP contribution in [-0.2, 0) is 10.2 Å². The Kier molecular flexibility index (Phi) is 7.20. The van der Waals surface area contributed by atoms with E-state index in [9.17, 15) is 9.90 Å². The average Bonchev–Trinajstić information content (AvgIpc) is 2.69. The Morgan fingerprint density at radius 2 is 2.00 bits per heavy atom. The number of esters is 1. The lowest BCUT2D eigenvalue weighted by atomic mass is 9.66. The summed E-state index contributed by atoms with van der Waals surface area (Å²) in [6.45, 7) is 12.6. The van der Waals surface area contributed by atoms with Crippen molar-refractivity contribution in [1.29, 1.82) is 0 Å². The molecule has 3 rings (SSSR count). The van der Waals surface area contributed by atoms with Gasteiger partial charge < -0.3 is 14.6 Å². The van der Waals surface area contributed by atoms with Crippen LogP contribution in [0.1, 0.15) is 104 Å². The van der Waals surface area contributed by atoms with E-state index in [1.807, 2.05) is 0 Å². The number of allylic oxidation sites excluding steroid dienone is 1. The number of ether oxygens (including phenoxy) is 2. The normalized spacial score (nSPS) is 22.1. The van der Waals surface area contributed by atoms with Gasteiger partial charge in [-0.1, -0.05) is 52.5 Å². The molecule has 0 saturated heterocycles. The Bertz CT molecular complexity index is 834. The van der Waals surface area contributed by atoms with Crippen LogP contribution in [0.2, 0.25) is 0 Å². The number of carbonyl (C=O) groups is 1. The summed E-state index contributed by atoms with van der Waals surface area (Å²) >= 11 is 0. The van der Waals surface area contributed by atoms with Crippen molar-refractivity contribution >= 4 is 5.97 Å². The lowest BCUT2D eigenvalue weighted by Crippen LogP contribution is -2.46. The maximum Gasteiger partial charge on any atom is 0.308 e. The molecule has 0 unspecified atom stereocenters. The SMILES string of the molecule is CCCCCCC(C)(C)c1cc(OC(C)=O)c2c(c1)OC(C)(C)[C@H]1CC=C(CO)C[C@H]21. The first-order chi connectivity index (χ1) is 14.6. The first-order valence-corrected chi connectivity index (χ1v) is 11.9. The molecule has 4 heteroatoms. The standard InChI is InChI=1S/C27H40O4/c1-7-8-9-10-13-26(3,4)20-15-23(30-18(2)29)25-21-14-19(17-28)11-12-22(21)27(5,6)31-24(25)16-20/h11,15-16,21-22,28H,7-10,12-14,17H2,1-6H3/t21-,22-/m0/s1. The molecular weight excluding hydrogens is 388 g/mol. The molecule has 1 heterocycles. The van der Waals surface area contributed by atoms with Gasteiger partial charge in [0.25, 0.3) is 0 Å². The maximum atomic E-state index is 12.0. The van der Waals surface area contributed by atoms with Gasteiger partial charge in [-0.2, -0.15) is 0 Å². The lowest BCUT2D eigenvalue weighted by molar-refractivity contribution is -0.132. The van der Waals surface area contributed by atoms with E-state index in [2.05, 4.69) is 52.8 Å². The van der Waals surface area contributed by atoms with Crippen LogP contribution in [-0.4, -0.2) is 23.3 Å². The number of hydrogen-bond acceptors (Lipinski definition) is 4. The van der Waals surface area contributed by atoms with Crippen molar-refractivity contribution in [1.82, 2.24) is 0 Å². The maximum absolute atomic E-state index is 12.0. The van der Waals surface area contributed by atoms with Crippen LogP contribution >= 0.6 is 0 Å². The third-order valence-electron chi connectivity index (χ3n) is 7.26. The fraction of sp³-hybridized carbons (Fsp3) is 0.667. The van der Waals surface area contributed by atoms with E-state index >= 15 is 0 Å². The van der Waals surface area contributed by atoms with Gasteiger partial charge in [0.2, 0.25) is 0 Å². The van der Waals surface area contributed by atoms with E-state index < -0.39 is 0 Å². The zero-order valence-corrected chi connectivity index (χ0v) is 20.2. The van der Waals surface area contributed by atoms with Crippen molar-refractivity contribution in [3.05, 3.63) is 34.9 Å². The molecule has 2 atom stereocenters. The summed E-state index contributed by atoms with van der Waals surface area (Å²) in [6, 6.07) is 4.24. The summed E-state index contributed by atoms with van der Waals surface area (Å²) in [5, 5.41) is 9.76. The minimum atomic E-state index is -0.327.